The standard InChI is InChI=1S/C19H27FN2O3/c1-6-22-12-14(9-10-21(2)3)17-18(22)15(20)11-13(19(17)25-5)7-8-16(23)24-4/h11-12H,6-10H2,1-5H3. The van der Waals surface area contributed by atoms with Crippen LogP contribution in [-0.2, 0) is 28.9 Å². The lowest BCUT2D eigenvalue weighted by Gasteiger charge is -2.13. The lowest BCUT2D eigenvalue weighted by molar-refractivity contribution is -0.140. The first-order valence-corrected chi connectivity index (χ1v) is 8.51. The number of benzene rings is 1. The van der Waals surface area contributed by atoms with Gasteiger partial charge in [-0.1, -0.05) is 0 Å². The first-order chi connectivity index (χ1) is 11.9. The highest BCUT2D eigenvalue weighted by atomic mass is 19.1. The minimum atomic E-state index is -0.318. The highest BCUT2D eigenvalue weighted by Gasteiger charge is 2.21. The van der Waals surface area contributed by atoms with Crippen molar-refractivity contribution in [3.63, 3.8) is 0 Å². The van der Waals surface area contributed by atoms with Gasteiger partial charge in [0, 0.05) is 31.1 Å². The van der Waals surface area contributed by atoms with E-state index in [1.165, 1.54) is 13.2 Å². The number of methoxy groups -OCH3 is 2. The molecule has 0 radical (unpaired) electrons. The fraction of sp³-hybridized carbons (Fsp3) is 0.526. The Hall–Kier alpha value is -2.08. The van der Waals surface area contributed by atoms with Crippen molar-refractivity contribution in [3.8, 4) is 5.75 Å². The number of aromatic nitrogens is 1. The largest absolute Gasteiger partial charge is 0.496 e. The Morgan fingerprint density at radius 2 is 1.96 bits per heavy atom. The summed E-state index contributed by atoms with van der Waals surface area (Å²) in [6, 6.07) is 1.48. The van der Waals surface area contributed by atoms with Crippen LogP contribution in [-0.4, -0.2) is 50.3 Å². The van der Waals surface area contributed by atoms with Gasteiger partial charge in [-0.25, -0.2) is 4.39 Å². The molecule has 0 unspecified atom stereocenters. The molecule has 138 valence electrons. The van der Waals surface area contributed by atoms with Crippen molar-refractivity contribution < 1.29 is 18.7 Å². The van der Waals surface area contributed by atoms with Crippen molar-refractivity contribution in [2.24, 2.45) is 0 Å². The molecule has 1 aromatic heterocycles. The van der Waals surface area contributed by atoms with Crippen LogP contribution >= 0.6 is 0 Å². The fourth-order valence-corrected chi connectivity index (χ4v) is 3.11. The molecule has 1 heterocycles. The molecule has 0 aliphatic carbocycles. The van der Waals surface area contributed by atoms with Gasteiger partial charge in [0.1, 0.15) is 11.6 Å². The summed E-state index contributed by atoms with van der Waals surface area (Å²) in [6.45, 7) is 3.53. The summed E-state index contributed by atoms with van der Waals surface area (Å²) in [4.78, 5) is 13.6. The minimum absolute atomic E-state index is 0.194. The van der Waals surface area contributed by atoms with Crippen molar-refractivity contribution in [2.45, 2.75) is 32.7 Å². The van der Waals surface area contributed by atoms with Crippen LogP contribution in [0.3, 0.4) is 0 Å². The third kappa shape index (κ3) is 4.12. The van der Waals surface area contributed by atoms with Crippen LogP contribution < -0.4 is 4.74 Å². The van der Waals surface area contributed by atoms with E-state index in [1.807, 2.05) is 31.8 Å². The fourth-order valence-electron chi connectivity index (χ4n) is 3.11. The van der Waals surface area contributed by atoms with Crippen LogP contribution in [0.1, 0.15) is 24.5 Å². The lowest BCUT2D eigenvalue weighted by atomic mass is 10.0. The molecule has 0 saturated heterocycles. The van der Waals surface area contributed by atoms with Crippen molar-refractivity contribution in [1.29, 1.82) is 0 Å². The van der Waals surface area contributed by atoms with E-state index in [9.17, 15) is 9.18 Å². The third-order valence-corrected chi connectivity index (χ3v) is 4.40. The minimum Gasteiger partial charge on any atom is -0.496 e. The summed E-state index contributed by atoms with van der Waals surface area (Å²) in [5.41, 5.74) is 2.31. The topological polar surface area (TPSA) is 43.7 Å². The molecule has 2 rings (SSSR count). The van der Waals surface area contributed by atoms with Crippen molar-refractivity contribution in [3.05, 3.63) is 29.2 Å². The summed E-state index contributed by atoms with van der Waals surface area (Å²) >= 11 is 0. The van der Waals surface area contributed by atoms with Gasteiger partial charge < -0.3 is 18.9 Å². The Morgan fingerprint density at radius 1 is 1.24 bits per heavy atom. The molecule has 0 spiro atoms. The highest BCUT2D eigenvalue weighted by molar-refractivity contribution is 5.92. The number of fused-ring (bicyclic) bond motifs is 1. The summed E-state index contributed by atoms with van der Waals surface area (Å²) in [5, 5.41) is 0.811. The van der Waals surface area contributed by atoms with E-state index in [-0.39, 0.29) is 18.2 Å². The summed E-state index contributed by atoms with van der Waals surface area (Å²) < 4.78 is 27.1. The van der Waals surface area contributed by atoms with E-state index in [2.05, 4.69) is 4.90 Å². The zero-order valence-electron chi connectivity index (χ0n) is 15.7. The SMILES string of the molecule is CCn1cc(CCN(C)C)c2c(OC)c(CCC(=O)OC)cc(F)c21. The second kappa shape index (κ2) is 8.34. The molecular formula is C19H27FN2O3. The Balaban J connectivity index is 2.57. The normalized spacial score (nSPS) is 11.3. The number of nitrogens with zero attached hydrogens (tertiary/aromatic N) is 2. The van der Waals surface area contributed by atoms with Gasteiger partial charge in [0.15, 0.2) is 0 Å². The maximum Gasteiger partial charge on any atom is 0.305 e. The Kier molecular flexibility index (Phi) is 6.42. The van der Waals surface area contributed by atoms with Gasteiger partial charge in [-0.15, -0.1) is 0 Å². The number of halogens is 1. The number of carbonyl (C=O) groups excluding carboxylic acids is 1. The molecular weight excluding hydrogens is 323 g/mol. The zero-order chi connectivity index (χ0) is 18.6. The quantitative estimate of drug-likeness (QED) is 0.687. The zero-order valence-corrected chi connectivity index (χ0v) is 15.7. The molecule has 5 nitrogen and oxygen atoms in total. The second-order valence-electron chi connectivity index (χ2n) is 6.34. The van der Waals surface area contributed by atoms with Crippen molar-refractivity contribution in [2.75, 3.05) is 34.9 Å². The van der Waals surface area contributed by atoms with Crippen LogP contribution in [0.2, 0.25) is 0 Å². The van der Waals surface area contributed by atoms with Gasteiger partial charge >= 0.3 is 5.97 Å². The van der Waals surface area contributed by atoms with Gasteiger partial charge in [0.25, 0.3) is 0 Å². The monoisotopic (exact) mass is 350 g/mol. The molecule has 25 heavy (non-hydrogen) atoms. The molecule has 2 aromatic rings. The van der Waals surface area contributed by atoms with Crippen LogP contribution in [0, 0.1) is 5.82 Å². The average Bonchev–Trinajstić information content (AvgIpc) is 2.97. The number of hydrogen-bond donors (Lipinski definition) is 0. The van der Waals surface area contributed by atoms with Gasteiger partial charge in [-0.05, 0) is 51.1 Å². The number of aryl methyl sites for hydroxylation is 2. The lowest BCUT2D eigenvalue weighted by Crippen LogP contribution is -2.15. The van der Waals surface area contributed by atoms with E-state index >= 15 is 0 Å². The Labute approximate surface area is 148 Å². The highest BCUT2D eigenvalue weighted by Crippen LogP contribution is 2.37. The first-order valence-electron chi connectivity index (χ1n) is 8.51. The number of esters is 1. The smallest absolute Gasteiger partial charge is 0.305 e. The predicted octanol–water partition coefficient (Wildman–Crippen LogP) is 3.02. The molecule has 0 amide bonds. The number of rotatable bonds is 8. The van der Waals surface area contributed by atoms with Gasteiger partial charge in [-0.3, -0.25) is 4.79 Å². The van der Waals surface area contributed by atoms with Gasteiger partial charge in [0.05, 0.1) is 19.7 Å². The van der Waals surface area contributed by atoms with E-state index in [1.54, 1.807) is 7.11 Å². The third-order valence-electron chi connectivity index (χ3n) is 4.40. The van der Waals surface area contributed by atoms with Gasteiger partial charge in [-0.2, -0.15) is 0 Å². The van der Waals surface area contributed by atoms with Crippen LogP contribution in [0.25, 0.3) is 10.9 Å². The average molecular weight is 350 g/mol. The predicted molar refractivity (Wildman–Crippen MR) is 96.7 cm³/mol. The molecule has 0 bridgehead atoms. The summed E-state index contributed by atoms with van der Waals surface area (Å²) in [7, 11) is 6.97. The number of ether oxygens (including phenoxy) is 2. The van der Waals surface area contributed by atoms with E-state index in [4.69, 9.17) is 9.47 Å². The summed E-state index contributed by atoms with van der Waals surface area (Å²) in [5.74, 6) is 0.0522. The maximum absolute atomic E-state index is 14.8. The molecule has 0 aliphatic heterocycles. The maximum atomic E-state index is 14.8. The van der Waals surface area contributed by atoms with E-state index < -0.39 is 0 Å². The molecule has 0 aliphatic rings. The molecule has 1 aromatic carbocycles. The van der Waals surface area contributed by atoms with Crippen LogP contribution in [0.5, 0.6) is 5.75 Å². The van der Waals surface area contributed by atoms with Crippen molar-refractivity contribution in [1.82, 2.24) is 9.47 Å². The number of likely N-dealkylation sites (N-methyl/N-ethyl adjacent to an activating group) is 1. The number of hydrogen-bond acceptors (Lipinski definition) is 4. The Morgan fingerprint density at radius 3 is 2.52 bits per heavy atom. The Bertz CT molecular complexity index is 753. The van der Waals surface area contributed by atoms with Crippen LogP contribution in [0.4, 0.5) is 4.39 Å². The molecule has 6 heteroatoms. The van der Waals surface area contributed by atoms with E-state index in [0.29, 0.717) is 29.8 Å². The first kappa shape index (κ1) is 19.2. The molecule has 0 atom stereocenters. The summed E-state index contributed by atoms with van der Waals surface area (Å²) in [6.07, 6.45) is 3.38. The molecule has 0 N–H and O–H groups in total. The van der Waals surface area contributed by atoms with Crippen LogP contribution in [0.15, 0.2) is 12.3 Å². The second-order valence-corrected chi connectivity index (χ2v) is 6.34. The van der Waals surface area contributed by atoms with Gasteiger partial charge in [0.2, 0.25) is 0 Å². The van der Waals surface area contributed by atoms with E-state index in [0.717, 1.165) is 23.9 Å². The van der Waals surface area contributed by atoms with Crippen molar-refractivity contribution >= 4 is 16.9 Å². The number of carbonyl (C=O) groups is 1. The molecule has 0 fully saturated rings. The molecule has 0 saturated carbocycles.